The van der Waals surface area contributed by atoms with Crippen LogP contribution in [0.5, 0.6) is 0 Å². The molecule has 0 aromatic rings. The molecule has 0 bridgehead atoms. The molecule has 0 atom stereocenters. The molecule has 0 spiro atoms. The molecule has 0 saturated carbocycles. The van der Waals surface area contributed by atoms with Crippen molar-refractivity contribution in [3.63, 3.8) is 0 Å². The van der Waals surface area contributed by atoms with Crippen molar-refractivity contribution in [2.45, 2.75) is 0 Å². The Kier molecular flexibility index (Phi) is 5.95. The average molecular weight is 205 g/mol. The van der Waals surface area contributed by atoms with Crippen LogP contribution in [-0.4, -0.2) is 38.8 Å². The molecule has 0 aromatic carbocycles. The third-order valence-electron chi connectivity index (χ3n) is 0.211. The first-order valence-corrected chi connectivity index (χ1v) is 6.63. The van der Waals surface area contributed by atoms with Crippen LogP contribution in [0.25, 0.3) is 0 Å². The van der Waals surface area contributed by atoms with E-state index in [9.17, 15) is 12.6 Å². The summed E-state index contributed by atoms with van der Waals surface area (Å²) in [5, 5.41) is 0. The van der Waals surface area contributed by atoms with Crippen molar-refractivity contribution in [3.05, 3.63) is 0 Å². The van der Waals surface area contributed by atoms with E-state index in [0.29, 0.717) is 0 Å². The molecule has 70 valence electrons. The minimum Gasteiger partial charge on any atom is -0.264 e. The first-order valence-electron chi connectivity index (χ1n) is 2.48. The van der Waals surface area contributed by atoms with E-state index < -0.39 is 20.3 Å². The van der Waals surface area contributed by atoms with E-state index in [1.165, 1.54) is 0 Å². The molecular formula is C4H13O5S2+. The smallest absolute Gasteiger partial charge is 0.264 e. The molecule has 0 aliphatic heterocycles. The zero-order valence-electron chi connectivity index (χ0n) is 6.90. The van der Waals surface area contributed by atoms with Crippen molar-refractivity contribution in [1.29, 1.82) is 0 Å². The number of rotatable bonds is 1. The molecule has 0 saturated heterocycles. The second kappa shape index (κ2) is 4.81. The Morgan fingerprint density at radius 3 is 1.36 bits per heavy atom. The fraction of sp³-hybridized carbons (Fsp3) is 1.00. The predicted octanol–water partition coefficient (Wildman–Crippen LogP) is -0.189. The number of hydrogen-bond acceptors (Lipinski definition) is 4. The molecule has 7 heteroatoms. The van der Waals surface area contributed by atoms with Gasteiger partial charge in [-0.05, 0) is 0 Å². The van der Waals surface area contributed by atoms with Crippen molar-refractivity contribution in [3.8, 4) is 0 Å². The van der Waals surface area contributed by atoms with Gasteiger partial charge in [-0.15, -0.1) is 4.21 Å². The van der Waals surface area contributed by atoms with Gasteiger partial charge >= 0.3 is 10.4 Å². The van der Waals surface area contributed by atoms with Gasteiger partial charge in [-0.25, -0.2) is 0 Å². The third kappa shape index (κ3) is 70.7. The van der Waals surface area contributed by atoms with Gasteiger partial charge in [0, 0.05) is 0 Å². The van der Waals surface area contributed by atoms with Gasteiger partial charge in [0.2, 0.25) is 0 Å². The average Bonchev–Trinajstić information content (AvgIpc) is 1.59. The van der Waals surface area contributed by atoms with Crippen LogP contribution >= 0.6 is 0 Å². The Bertz CT molecular complexity index is 215. The monoisotopic (exact) mass is 205 g/mol. The molecule has 0 aromatic heterocycles. The minimum absolute atomic E-state index is 0.870. The Hall–Kier alpha value is 0.0200. The highest BCUT2D eigenvalue weighted by Crippen LogP contribution is 1.78. The van der Waals surface area contributed by atoms with Crippen LogP contribution in [0.3, 0.4) is 0 Å². The van der Waals surface area contributed by atoms with Crippen LogP contribution < -0.4 is 0 Å². The second-order valence-corrected chi connectivity index (χ2v) is 6.96. The van der Waals surface area contributed by atoms with E-state index in [1.807, 2.05) is 0 Å². The fourth-order valence-corrected chi connectivity index (χ4v) is 0. The van der Waals surface area contributed by atoms with E-state index in [4.69, 9.17) is 4.55 Å². The molecule has 0 aliphatic rings. The summed E-state index contributed by atoms with van der Waals surface area (Å²) in [6, 6.07) is 0. The molecule has 0 fully saturated rings. The summed E-state index contributed by atoms with van der Waals surface area (Å²) in [6.07, 6.45) is 5.15. The second-order valence-electron chi connectivity index (χ2n) is 2.32. The molecule has 0 unspecified atom stereocenters. The van der Waals surface area contributed by atoms with Gasteiger partial charge in [0.1, 0.15) is 18.8 Å². The van der Waals surface area contributed by atoms with Gasteiger partial charge in [-0.3, -0.25) is 8.74 Å². The summed E-state index contributed by atoms with van der Waals surface area (Å²) in [5.74, 6) is 0. The minimum atomic E-state index is -4.16. The maximum Gasteiger partial charge on any atom is 0.397 e. The maximum absolute atomic E-state index is 10.2. The molecule has 1 N–H and O–H groups in total. The molecule has 0 radical (unpaired) electrons. The van der Waals surface area contributed by atoms with Gasteiger partial charge < -0.3 is 0 Å². The van der Waals surface area contributed by atoms with Crippen LogP contribution in [0.2, 0.25) is 0 Å². The Morgan fingerprint density at radius 1 is 1.27 bits per heavy atom. The summed E-state index contributed by atoms with van der Waals surface area (Å²) in [5.41, 5.74) is 0. The van der Waals surface area contributed by atoms with E-state index in [0.717, 1.165) is 7.11 Å². The maximum atomic E-state index is 10.2. The van der Waals surface area contributed by atoms with Gasteiger partial charge in [0.25, 0.3) is 0 Å². The lowest BCUT2D eigenvalue weighted by molar-refractivity contribution is 0.324. The summed E-state index contributed by atoms with van der Waals surface area (Å²) >= 11 is 0. The Morgan fingerprint density at radius 2 is 1.36 bits per heavy atom. The zero-order valence-corrected chi connectivity index (χ0v) is 8.53. The van der Waals surface area contributed by atoms with Gasteiger partial charge in [0.05, 0.1) is 17.0 Å². The topological polar surface area (TPSA) is 80.7 Å². The summed E-state index contributed by atoms with van der Waals surface area (Å²) < 4.78 is 39.9. The zero-order chi connectivity index (χ0) is 9.71. The SMILES string of the molecule is COS(=O)(=O)O.C[S+](C)(C)=O. The van der Waals surface area contributed by atoms with Crippen molar-refractivity contribution in [1.82, 2.24) is 0 Å². The first kappa shape index (κ1) is 13.6. The van der Waals surface area contributed by atoms with E-state index in [1.54, 1.807) is 18.8 Å². The Labute approximate surface area is 68.1 Å². The number of hydrogen-bond donors (Lipinski definition) is 1. The van der Waals surface area contributed by atoms with E-state index >= 15 is 0 Å². The van der Waals surface area contributed by atoms with E-state index in [2.05, 4.69) is 4.18 Å². The van der Waals surface area contributed by atoms with Crippen LogP contribution in [0.15, 0.2) is 0 Å². The molecule has 0 amide bonds. The summed E-state index contributed by atoms with van der Waals surface area (Å²) in [6.45, 7) is 0. The van der Waals surface area contributed by atoms with Crippen LogP contribution in [0, 0.1) is 0 Å². The lowest BCUT2D eigenvalue weighted by Gasteiger charge is -1.82. The first-order chi connectivity index (χ1) is 4.56. The van der Waals surface area contributed by atoms with Gasteiger partial charge in [-0.1, -0.05) is 0 Å². The van der Waals surface area contributed by atoms with Gasteiger partial charge in [-0.2, -0.15) is 8.42 Å². The van der Waals surface area contributed by atoms with E-state index in [-0.39, 0.29) is 0 Å². The summed E-state index contributed by atoms with van der Waals surface area (Å²) in [4.78, 5) is 0. The lowest BCUT2D eigenvalue weighted by atomic mass is 11.8. The third-order valence-corrected chi connectivity index (χ3v) is 0.632. The predicted molar refractivity (Wildman–Crippen MR) is 44.4 cm³/mol. The summed E-state index contributed by atoms with van der Waals surface area (Å²) in [7, 11) is -4.71. The lowest BCUT2D eigenvalue weighted by Crippen LogP contribution is -1.97. The van der Waals surface area contributed by atoms with Crippen molar-refractivity contribution >= 4 is 20.3 Å². The molecule has 11 heavy (non-hydrogen) atoms. The van der Waals surface area contributed by atoms with Crippen LogP contribution in [0.1, 0.15) is 0 Å². The highest BCUT2D eigenvalue weighted by molar-refractivity contribution is 8.00. The Balaban J connectivity index is 0. The molecule has 5 nitrogen and oxygen atoms in total. The molecular weight excluding hydrogens is 192 g/mol. The van der Waals surface area contributed by atoms with Crippen LogP contribution in [-0.2, 0) is 28.7 Å². The van der Waals surface area contributed by atoms with Crippen molar-refractivity contribution in [2.75, 3.05) is 25.9 Å². The molecule has 0 rings (SSSR count). The van der Waals surface area contributed by atoms with Crippen molar-refractivity contribution in [2.24, 2.45) is 0 Å². The van der Waals surface area contributed by atoms with Crippen LogP contribution in [0.4, 0.5) is 0 Å². The quantitative estimate of drug-likeness (QED) is 0.474. The standard InChI is InChI=1S/C3H9OS.CH4O4S/c1-5(2,3)4;1-5-6(2,3)4/h1-3H3;1H3,(H,2,3,4)/q+1;. The highest BCUT2D eigenvalue weighted by atomic mass is 32.3. The largest absolute Gasteiger partial charge is 0.397 e. The molecule has 0 heterocycles. The molecule has 0 aliphatic carbocycles. The van der Waals surface area contributed by atoms with Gasteiger partial charge in [0.15, 0.2) is 0 Å². The normalized spacial score (nSPS) is 11.7. The van der Waals surface area contributed by atoms with Crippen molar-refractivity contribution < 1.29 is 21.4 Å². The highest BCUT2D eigenvalue weighted by Gasteiger charge is 1.95. The fourth-order valence-electron chi connectivity index (χ4n) is 0.